The summed E-state index contributed by atoms with van der Waals surface area (Å²) in [4.78, 5) is 17.6. The van der Waals surface area contributed by atoms with Crippen LogP contribution >= 0.6 is 23.2 Å². The predicted octanol–water partition coefficient (Wildman–Crippen LogP) is 8.33. The lowest BCUT2D eigenvalue weighted by Crippen LogP contribution is -2.47. The van der Waals surface area contributed by atoms with Crippen LogP contribution in [0.3, 0.4) is 0 Å². The Morgan fingerprint density at radius 3 is 2.40 bits per heavy atom. The number of piperazine rings is 1. The number of allylic oxidation sites excluding steroid dienone is 1. The van der Waals surface area contributed by atoms with Gasteiger partial charge in [-0.2, -0.15) is 0 Å². The van der Waals surface area contributed by atoms with E-state index in [0.717, 1.165) is 56.3 Å². The van der Waals surface area contributed by atoms with E-state index in [9.17, 15) is 4.79 Å². The van der Waals surface area contributed by atoms with E-state index in [0.29, 0.717) is 33.2 Å². The van der Waals surface area contributed by atoms with Crippen LogP contribution < -0.4 is 15.4 Å². The normalized spacial score (nSPS) is 17.3. The van der Waals surface area contributed by atoms with Crippen molar-refractivity contribution >= 4 is 46.1 Å². The van der Waals surface area contributed by atoms with Gasteiger partial charge in [0.2, 0.25) is 0 Å². The van der Waals surface area contributed by atoms with Crippen LogP contribution in [-0.4, -0.2) is 50.2 Å². The maximum absolute atomic E-state index is 12.7. The molecule has 1 fully saturated rings. The molecule has 42 heavy (non-hydrogen) atoms. The smallest absolute Gasteiger partial charge is 0.341 e. The van der Waals surface area contributed by atoms with Gasteiger partial charge >= 0.3 is 5.97 Å². The lowest BCUT2D eigenvalue weighted by molar-refractivity contribution is 0.0523. The second kappa shape index (κ2) is 13.0. The third-order valence-electron chi connectivity index (χ3n) is 8.19. The molecule has 0 aromatic heterocycles. The number of anilines is 2. The van der Waals surface area contributed by atoms with Crippen LogP contribution in [0.1, 0.15) is 56.0 Å². The fourth-order valence-corrected chi connectivity index (χ4v) is 6.06. The second-order valence-corrected chi connectivity index (χ2v) is 12.7. The van der Waals surface area contributed by atoms with Crippen molar-refractivity contribution in [3.63, 3.8) is 0 Å². The average Bonchev–Trinajstić information content (AvgIpc) is 2.97. The number of nitrogens with two attached hydrogens (primary N) is 1. The Morgan fingerprint density at radius 1 is 0.976 bits per heavy atom. The molecule has 3 aromatic carbocycles. The molecule has 1 aliphatic heterocycles. The molecule has 0 amide bonds. The topological polar surface area (TPSA) is 68.0 Å². The lowest BCUT2D eigenvalue weighted by Gasteiger charge is -2.39. The quantitative estimate of drug-likeness (QED) is 0.205. The molecular formula is C34H39Cl2N3O3. The van der Waals surface area contributed by atoms with Crippen molar-refractivity contribution in [3.05, 3.63) is 87.4 Å². The van der Waals surface area contributed by atoms with E-state index in [1.165, 1.54) is 17.6 Å². The Hall–Kier alpha value is -3.19. The second-order valence-electron chi connectivity index (χ2n) is 11.9. The summed E-state index contributed by atoms with van der Waals surface area (Å²) in [5.74, 6) is 0.504. The number of nitrogens with zero attached hydrogens (tertiary/aromatic N) is 2. The third-order valence-corrected chi connectivity index (χ3v) is 8.77. The Morgan fingerprint density at radius 2 is 1.71 bits per heavy atom. The summed E-state index contributed by atoms with van der Waals surface area (Å²) in [5, 5.41) is 1.17. The minimum atomic E-state index is -0.425. The molecule has 6 nitrogen and oxygen atoms in total. The van der Waals surface area contributed by atoms with Crippen LogP contribution in [0.25, 0.3) is 5.57 Å². The van der Waals surface area contributed by atoms with Gasteiger partial charge in [-0.05, 0) is 79.1 Å². The molecule has 1 saturated heterocycles. The predicted molar refractivity (Wildman–Crippen MR) is 173 cm³/mol. The van der Waals surface area contributed by atoms with Crippen molar-refractivity contribution in [1.82, 2.24) is 4.90 Å². The number of carbonyl (C=O) groups excluding carboxylic acids is 1. The molecule has 2 aliphatic rings. The zero-order valence-corrected chi connectivity index (χ0v) is 26.1. The van der Waals surface area contributed by atoms with Crippen LogP contribution in [0, 0.1) is 5.41 Å². The molecule has 5 rings (SSSR count). The van der Waals surface area contributed by atoms with Crippen LogP contribution in [0.5, 0.6) is 11.5 Å². The summed E-state index contributed by atoms with van der Waals surface area (Å²) in [6, 6.07) is 19.0. The van der Waals surface area contributed by atoms with Gasteiger partial charge in [-0.1, -0.05) is 54.8 Å². The van der Waals surface area contributed by atoms with Crippen molar-refractivity contribution in [2.45, 2.75) is 40.0 Å². The first-order valence-electron chi connectivity index (χ1n) is 14.6. The van der Waals surface area contributed by atoms with Gasteiger partial charge in [0.25, 0.3) is 0 Å². The van der Waals surface area contributed by atoms with Gasteiger partial charge in [0.15, 0.2) is 0 Å². The number of halogens is 2. The average molecular weight is 609 g/mol. The molecule has 0 radical (unpaired) electrons. The van der Waals surface area contributed by atoms with Gasteiger partial charge < -0.3 is 20.1 Å². The number of hydrogen-bond donors (Lipinski definition) is 1. The van der Waals surface area contributed by atoms with E-state index in [-0.39, 0.29) is 6.61 Å². The molecule has 0 saturated carbocycles. The molecule has 2 N–H and O–H groups in total. The minimum absolute atomic E-state index is 0.281. The van der Waals surface area contributed by atoms with Crippen LogP contribution in [0.2, 0.25) is 10.0 Å². The van der Waals surface area contributed by atoms with E-state index >= 15 is 0 Å². The van der Waals surface area contributed by atoms with Gasteiger partial charge in [-0.15, -0.1) is 0 Å². The summed E-state index contributed by atoms with van der Waals surface area (Å²) < 4.78 is 11.4. The zero-order valence-electron chi connectivity index (χ0n) is 24.6. The summed E-state index contributed by atoms with van der Waals surface area (Å²) in [7, 11) is 0. The molecule has 3 aromatic rings. The van der Waals surface area contributed by atoms with E-state index in [2.05, 4.69) is 35.8 Å². The van der Waals surface area contributed by atoms with Gasteiger partial charge in [0, 0.05) is 55.6 Å². The Bertz CT molecular complexity index is 1460. The van der Waals surface area contributed by atoms with E-state index in [1.54, 1.807) is 36.8 Å². The largest absolute Gasteiger partial charge is 0.462 e. The zero-order chi connectivity index (χ0) is 29.9. The fraction of sp³-hybridized carbons (Fsp3) is 0.382. The summed E-state index contributed by atoms with van der Waals surface area (Å²) >= 11 is 12.4. The van der Waals surface area contributed by atoms with E-state index in [1.807, 2.05) is 24.3 Å². The maximum atomic E-state index is 12.7. The maximum Gasteiger partial charge on any atom is 0.341 e. The Kier molecular flexibility index (Phi) is 9.36. The number of hydrogen-bond acceptors (Lipinski definition) is 6. The summed E-state index contributed by atoms with van der Waals surface area (Å²) in [6.07, 6.45) is 3.41. The highest BCUT2D eigenvalue weighted by Gasteiger charge is 2.29. The van der Waals surface area contributed by atoms with Crippen molar-refractivity contribution < 1.29 is 14.3 Å². The number of benzene rings is 3. The molecule has 1 heterocycles. The highest BCUT2D eigenvalue weighted by Crippen LogP contribution is 2.43. The van der Waals surface area contributed by atoms with Crippen molar-refractivity contribution in [3.8, 4) is 11.5 Å². The summed E-state index contributed by atoms with van der Waals surface area (Å²) in [5.41, 5.74) is 12.3. The molecule has 0 spiro atoms. The monoisotopic (exact) mass is 607 g/mol. The van der Waals surface area contributed by atoms with E-state index < -0.39 is 5.97 Å². The third kappa shape index (κ3) is 7.23. The van der Waals surface area contributed by atoms with Gasteiger partial charge in [0.05, 0.1) is 17.3 Å². The first-order valence-corrected chi connectivity index (χ1v) is 15.4. The molecule has 222 valence electrons. The first-order chi connectivity index (χ1) is 20.1. The van der Waals surface area contributed by atoms with Gasteiger partial charge in [-0.25, -0.2) is 4.79 Å². The van der Waals surface area contributed by atoms with Crippen LogP contribution in [0.4, 0.5) is 11.4 Å². The number of ether oxygens (including phenoxy) is 2. The SMILES string of the molecule is CCOC(=O)c1ccc(N2CCN(CC3=C(c4ccc(Cl)cc4)CC(C)(C)CC3)CC2)cc1Oc1ccc(N)c(Cl)c1. The summed E-state index contributed by atoms with van der Waals surface area (Å²) in [6.45, 7) is 11.4. The number of esters is 1. The van der Waals surface area contributed by atoms with Crippen molar-refractivity contribution in [2.75, 3.05) is 50.0 Å². The molecule has 0 bridgehead atoms. The fourth-order valence-electron chi connectivity index (χ4n) is 5.77. The lowest BCUT2D eigenvalue weighted by atomic mass is 9.72. The van der Waals surface area contributed by atoms with Crippen molar-refractivity contribution in [1.29, 1.82) is 0 Å². The van der Waals surface area contributed by atoms with Crippen molar-refractivity contribution in [2.24, 2.45) is 5.41 Å². The number of rotatable bonds is 8. The molecule has 8 heteroatoms. The molecule has 0 atom stereocenters. The highest BCUT2D eigenvalue weighted by molar-refractivity contribution is 6.33. The standard InChI is InChI=1S/C34H39Cl2N3O3/c1-4-41-33(40)28-11-9-26(19-32(28)42-27-10-12-31(37)30(36)20-27)39-17-15-38(16-18-39)22-24-13-14-34(2,3)21-29(24)23-5-7-25(35)8-6-23/h5-12,19-20H,4,13-18,21-22,37H2,1-3H3. The minimum Gasteiger partial charge on any atom is -0.462 e. The number of carbonyl (C=O) groups is 1. The van der Waals surface area contributed by atoms with Crippen LogP contribution in [0.15, 0.2) is 66.2 Å². The van der Waals surface area contributed by atoms with Crippen LogP contribution in [-0.2, 0) is 4.74 Å². The Labute approximate surface area is 259 Å². The van der Waals surface area contributed by atoms with Gasteiger partial charge in [0.1, 0.15) is 17.1 Å². The Balaban J connectivity index is 1.31. The molecule has 1 aliphatic carbocycles. The van der Waals surface area contributed by atoms with Gasteiger partial charge in [-0.3, -0.25) is 4.90 Å². The highest BCUT2D eigenvalue weighted by atomic mass is 35.5. The van der Waals surface area contributed by atoms with E-state index in [4.69, 9.17) is 38.4 Å². The first kappa shape index (κ1) is 30.3. The molecule has 0 unspecified atom stereocenters. The number of nitrogen functional groups attached to an aromatic ring is 1. The molecular weight excluding hydrogens is 569 g/mol.